The number of sulfonamides is 4. The molecule has 40 heteroatoms. The highest BCUT2D eigenvalue weighted by atomic mass is 35.5. The molecule has 4 saturated carbocycles. The summed E-state index contributed by atoms with van der Waals surface area (Å²) >= 11 is 43.2. The largest absolute Gasteiger partial charge is 0.493 e. The first-order valence-corrected chi connectivity index (χ1v) is 56.0. The van der Waals surface area contributed by atoms with E-state index in [4.69, 9.17) is 100 Å². The van der Waals surface area contributed by atoms with E-state index in [9.17, 15) is 74.8 Å². The van der Waals surface area contributed by atoms with Gasteiger partial charge in [-0.05, 0) is 302 Å². The van der Waals surface area contributed by atoms with Gasteiger partial charge in [0.05, 0.1) is 73.7 Å². The van der Waals surface area contributed by atoms with Crippen LogP contribution in [0.25, 0.3) is 0 Å². The normalized spacial score (nSPS) is 19.5. The number of likely N-dealkylation sites (tertiary alicyclic amines) is 4. The Morgan fingerprint density at radius 2 is 0.616 bits per heavy atom. The van der Waals surface area contributed by atoms with Crippen molar-refractivity contribution in [3.63, 3.8) is 0 Å². The van der Waals surface area contributed by atoms with E-state index in [0.29, 0.717) is 91.1 Å². The summed E-state index contributed by atoms with van der Waals surface area (Å²) in [6.45, 7) is 14.3. The highest BCUT2D eigenvalue weighted by molar-refractivity contribution is 7.90. The average Bonchev–Trinajstić information content (AvgIpc) is 1.65. The van der Waals surface area contributed by atoms with Crippen molar-refractivity contribution in [2.45, 2.75) is 165 Å². The number of nitrogens with zero attached hydrogens (tertiary/aromatic N) is 4. The van der Waals surface area contributed by atoms with Gasteiger partial charge in [-0.25, -0.2) is 74.5 Å². The summed E-state index contributed by atoms with van der Waals surface area (Å²) in [6, 6.07) is 31.9. The third-order valence-electron chi connectivity index (χ3n) is 25.3. The summed E-state index contributed by atoms with van der Waals surface area (Å²) < 4.78 is 195. The number of hydrogen-bond acceptors (Lipinski definition) is 20. The van der Waals surface area contributed by atoms with Crippen molar-refractivity contribution in [2.24, 2.45) is 23.7 Å². The lowest BCUT2D eigenvalue weighted by Crippen LogP contribution is -2.39. The molecule has 4 heterocycles. The Bertz CT molecular complexity index is 6060. The van der Waals surface area contributed by atoms with Gasteiger partial charge in [-0.2, -0.15) is 0 Å². The number of piperidine rings is 4. The number of carbonyl (C=O) groups excluding carboxylic acids is 4. The maximum atomic E-state index is 14.8. The molecule has 4 aliphatic heterocycles. The summed E-state index contributed by atoms with van der Waals surface area (Å²) in [5.41, 5.74) is 5.85. The predicted octanol–water partition coefficient (Wildman–Crippen LogP) is 20.6. The molecule has 8 aromatic rings. The zero-order valence-corrected chi connectivity index (χ0v) is 85.6. The molecule has 8 aromatic carbocycles. The fourth-order valence-corrected chi connectivity index (χ4v) is 21.7. The minimum atomic E-state index is -3.80. The van der Waals surface area contributed by atoms with E-state index in [1.807, 2.05) is 55.3 Å². The fraction of sp³-hybridized carbons (Fsp3) is 0.469. The number of rotatable bonds is 32. The third kappa shape index (κ3) is 32.3. The van der Waals surface area contributed by atoms with Gasteiger partial charge in [0, 0.05) is 134 Å². The lowest BCUT2D eigenvalue weighted by Gasteiger charge is -2.37. The van der Waals surface area contributed by atoms with E-state index in [2.05, 4.69) is 33.4 Å². The van der Waals surface area contributed by atoms with Crippen molar-refractivity contribution < 1.29 is 93.7 Å². The van der Waals surface area contributed by atoms with E-state index in [1.165, 1.54) is 60.7 Å². The first-order chi connectivity index (χ1) is 65.1. The van der Waals surface area contributed by atoms with Crippen molar-refractivity contribution in [1.82, 2.24) is 38.5 Å². The van der Waals surface area contributed by atoms with Gasteiger partial charge in [-0.3, -0.25) is 38.8 Å². The lowest BCUT2D eigenvalue weighted by molar-refractivity contribution is 0.0966. The number of carbonyl (C=O) groups is 4. The number of hydrogen-bond donors (Lipinski definition) is 4. The van der Waals surface area contributed by atoms with Crippen LogP contribution < -0.4 is 37.8 Å². The monoisotopic (exact) mass is 2120 g/mol. The Balaban J connectivity index is 0.000000155. The Kier molecular flexibility index (Phi) is 36.7. The predicted molar refractivity (Wildman–Crippen MR) is 527 cm³/mol. The topological polar surface area (TPSA) is 303 Å². The summed E-state index contributed by atoms with van der Waals surface area (Å²) in [5.74, 6) is -4.11. The van der Waals surface area contributed by atoms with E-state index < -0.39 is 87.0 Å². The molecule has 8 fully saturated rings. The number of halogens is 12. The maximum Gasteiger partial charge on any atom is 0.267 e. The molecule has 0 unspecified atom stereocenters. The van der Waals surface area contributed by atoms with Crippen LogP contribution in [0, 0.1) is 52.8 Å². The van der Waals surface area contributed by atoms with Gasteiger partial charge < -0.3 is 18.9 Å². The Morgan fingerprint density at radius 3 is 0.891 bits per heavy atom. The standard InChI is InChI=1S/2C25H29Cl2FN2O4S.C24H27Cl2FN2O4S.C24H27ClF2N2O4S/c2*1-15(18-8-19(26)10-20(27)9-18)30-7-3-4-16(13-30)14-34-24-12-23(28)22(11-21(24)17-5-6-17)25(31)29-35(2,32)33;1-34(31,32)28-24(30)21-10-20(17-4-5-17)23(11-22(21)27)33-14-15-3-2-6-29(12-15)13-16-7-18(25)9-19(26)8-16;1-34(31,32)28-24(30)20-10-19(16-4-5-16)23(11-22(20)27)33-14-15-3-2-8-29(12-15)13-17-6-7-18(26)9-21(17)25/h2*8-12,15-17H,3-7,13-14H2,1-2H3,(H,29,31);7-11,15,17H,2-6,12-14H2,1H3,(H,28,30);6-7,9-11,15-16H,2-5,8,12-14H2,1H3,(H,28,30)/t15-,16+;15-,16-;2*15-/m1000/s1. The zero-order valence-electron chi connectivity index (χ0n) is 77.0. The van der Waals surface area contributed by atoms with Crippen LogP contribution in [0.2, 0.25) is 35.2 Å². The molecule has 0 spiro atoms. The molecule has 6 atom stereocenters. The first-order valence-electron chi connectivity index (χ1n) is 45.8. The number of nitrogens with one attached hydrogen (secondary N) is 4. The third-order valence-corrected chi connectivity index (χ3v) is 29.2. The zero-order chi connectivity index (χ0) is 99.6. The minimum absolute atomic E-state index is 0.140. The van der Waals surface area contributed by atoms with Gasteiger partial charge in [0.25, 0.3) is 23.6 Å². The van der Waals surface area contributed by atoms with Crippen LogP contribution in [0.4, 0.5) is 22.0 Å². The fourth-order valence-electron chi connectivity index (χ4n) is 18.0. The van der Waals surface area contributed by atoms with Crippen molar-refractivity contribution in [3.05, 3.63) is 252 Å². The lowest BCUT2D eigenvalue weighted by atomic mass is 9.95. The Labute approximate surface area is 838 Å². The van der Waals surface area contributed by atoms with E-state index >= 15 is 0 Å². The molecule has 4 saturated heterocycles. The molecule has 0 aromatic heterocycles. The summed E-state index contributed by atoms with van der Waals surface area (Å²) in [7, 11) is -15.2. The van der Waals surface area contributed by atoms with E-state index in [1.54, 1.807) is 24.3 Å². The van der Waals surface area contributed by atoms with Crippen molar-refractivity contribution in [3.8, 4) is 23.0 Å². The summed E-state index contributed by atoms with van der Waals surface area (Å²) in [5, 5.41) is 4.08. The molecule has 16 rings (SSSR count). The first kappa shape index (κ1) is 107. The molecule has 4 N–H and O–H groups in total. The van der Waals surface area contributed by atoms with Crippen LogP contribution in [0.5, 0.6) is 23.0 Å². The smallest absolute Gasteiger partial charge is 0.267 e. The molecule has 0 radical (unpaired) electrons. The van der Waals surface area contributed by atoms with Crippen LogP contribution in [-0.2, 0) is 53.2 Å². The second kappa shape index (κ2) is 47.1. The molecular formula is C98H112Cl7F5N8O16S4. The van der Waals surface area contributed by atoms with Gasteiger partial charge in [0.1, 0.15) is 52.1 Å². The second-order valence-electron chi connectivity index (χ2n) is 37.4. The van der Waals surface area contributed by atoms with Gasteiger partial charge in [-0.1, -0.05) is 87.3 Å². The highest BCUT2D eigenvalue weighted by Gasteiger charge is 2.38. The van der Waals surface area contributed by atoms with Gasteiger partial charge in [-0.15, -0.1) is 0 Å². The summed E-state index contributed by atoms with van der Waals surface area (Å²) in [4.78, 5) is 58.3. The maximum absolute atomic E-state index is 14.8. The van der Waals surface area contributed by atoms with E-state index in [0.717, 1.165) is 231 Å². The minimum Gasteiger partial charge on any atom is -0.493 e. The average molecular weight is 2130 g/mol. The summed E-state index contributed by atoms with van der Waals surface area (Å²) in [6.07, 6.45) is 18.8. The second-order valence-corrected chi connectivity index (χ2v) is 47.4. The van der Waals surface area contributed by atoms with Crippen LogP contribution in [-0.4, -0.2) is 181 Å². The SMILES string of the molecule is CS(=O)(=O)NC(=O)c1cc(C2CC2)c(OC[C@H]2CCCN(Cc3cc(Cl)cc(Cl)c3)C2)cc1F.CS(=O)(=O)NC(=O)c1cc(C2CC2)c(OC[C@H]2CCCN(Cc3ccc(F)cc3Cl)C2)cc1F.C[C@@H](c1cc(Cl)cc(Cl)c1)N1CCC[C@H](COc2cc(F)c(C(=O)NS(C)(=O)=O)cc2C2CC2)C1.C[C@H](c1cc(Cl)cc(Cl)c1)N1CCC[C@H](COc2cc(F)c(C(=O)NS(C)(=O)=O)cc2C2CC2)C1. The molecule has 0 bridgehead atoms. The molecule has 4 amide bonds. The molecule has 8 aliphatic rings. The van der Waals surface area contributed by atoms with Gasteiger partial charge in [0.2, 0.25) is 40.1 Å². The van der Waals surface area contributed by atoms with Crippen LogP contribution in [0.15, 0.2) is 121 Å². The highest BCUT2D eigenvalue weighted by Crippen LogP contribution is 2.50. The van der Waals surface area contributed by atoms with Crippen LogP contribution >= 0.6 is 81.2 Å². The number of amides is 4. The molecule has 4 aliphatic carbocycles. The number of benzene rings is 8. The Hall–Kier alpha value is -7.84. The molecule has 24 nitrogen and oxygen atoms in total. The van der Waals surface area contributed by atoms with Gasteiger partial charge in [0.15, 0.2) is 0 Å². The Morgan fingerprint density at radius 1 is 0.348 bits per heavy atom. The number of ether oxygens (including phenoxy) is 4. The van der Waals surface area contributed by atoms with Crippen LogP contribution in [0.3, 0.4) is 0 Å². The molecule has 138 heavy (non-hydrogen) atoms. The van der Waals surface area contributed by atoms with Crippen molar-refractivity contribution in [1.29, 1.82) is 0 Å². The quantitative estimate of drug-likeness (QED) is 0.0285. The van der Waals surface area contributed by atoms with Crippen LogP contribution in [0.1, 0.15) is 238 Å². The van der Waals surface area contributed by atoms with Crippen molar-refractivity contribution in [2.75, 3.05) is 104 Å². The van der Waals surface area contributed by atoms with Crippen molar-refractivity contribution >= 4 is 145 Å². The van der Waals surface area contributed by atoms with Gasteiger partial charge >= 0.3 is 0 Å². The molecular weight excluding hydrogens is 2020 g/mol. The van der Waals surface area contributed by atoms with E-state index in [-0.39, 0.29) is 87.5 Å². The molecule has 748 valence electrons.